The molecule has 4 nitrogen and oxygen atoms in total. The van der Waals surface area contributed by atoms with Crippen LogP contribution in [0.15, 0.2) is 22.6 Å². The predicted octanol–water partition coefficient (Wildman–Crippen LogP) is 3.07. The zero-order valence-electron chi connectivity index (χ0n) is 11.6. The Balaban J connectivity index is 1.97. The van der Waals surface area contributed by atoms with E-state index in [0.717, 1.165) is 34.2 Å². The quantitative estimate of drug-likeness (QED) is 0.844. The molecular weight excluding hydrogens is 260 g/mol. The molecule has 5 heteroatoms. The van der Waals surface area contributed by atoms with Crippen LogP contribution in [0.2, 0.25) is 0 Å². The Bertz CT molecular complexity index is 527. The molecule has 0 fully saturated rings. The molecule has 2 rings (SSSR count). The van der Waals surface area contributed by atoms with Gasteiger partial charge in [0.1, 0.15) is 11.3 Å². The second kappa shape index (κ2) is 6.82. The van der Waals surface area contributed by atoms with Crippen molar-refractivity contribution in [1.82, 2.24) is 10.3 Å². The SMILES string of the molecule is CCSC[C@H](C)NCc1nc2cc(OC)ccc2o1. The molecule has 1 aromatic carbocycles. The maximum absolute atomic E-state index is 5.69. The summed E-state index contributed by atoms with van der Waals surface area (Å²) < 4.78 is 10.9. The Morgan fingerprint density at radius 2 is 2.32 bits per heavy atom. The average Bonchev–Trinajstić information content (AvgIpc) is 2.84. The molecule has 0 aliphatic rings. The van der Waals surface area contributed by atoms with Gasteiger partial charge in [-0.1, -0.05) is 6.92 Å². The number of rotatable bonds is 7. The smallest absolute Gasteiger partial charge is 0.209 e. The summed E-state index contributed by atoms with van der Waals surface area (Å²) in [6.45, 7) is 5.00. The Hall–Kier alpha value is -1.20. The first-order chi connectivity index (χ1) is 9.22. The lowest BCUT2D eigenvalue weighted by Crippen LogP contribution is -2.27. The monoisotopic (exact) mass is 280 g/mol. The van der Waals surface area contributed by atoms with Crippen molar-refractivity contribution in [2.24, 2.45) is 0 Å². The summed E-state index contributed by atoms with van der Waals surface area (Å²) >= 11 is 1.93. The first-order valence-electron chi connectivity index (χ1n) is 6.47. The fourth-order valence-electron chi connectivity index (χ4n) is 1.77. The van der Waals surface area contributed by atoms with Gasteiger partial charge < -0.3 is 14.5 Å². The summed E-state index contributed by atoms with van der Waals surface area (Å²) in [6.07, 6.45) is 0. The number of ether oxygens (including phenoxy) is 1. The molecule has 0 saturated heterocycles. The third-order valence-corrected chi connectivity index (χ3v) is 3.96. The van der Waals surface area contributed by atoms with E-state index < -0.39 is 0 Å². The van der Waals surface area contributed by atoms with E-state index in [0.29, 0.717) is 12.6 Å². The van der Waals surface area contributed by atoms with Crippen molar-refractivity contribution in [2.75, 3.05) is 18.6 Å². The van der Waals surface area contributed by atoms with E-state index in [-0.39, 0.29) is 0 Å². The molecule has 1 heterocycles. The van der Waals surface area contributed by atoms with Gasteiger partial charge >= 0.3 is 0 Å². The van der Waals surface area contributed by atoms with Crippen molar-refractivity contribution in [1.29, 1.82) is 0 Å². The molecule has 0 spiro atoms. The molecule has 1 atom stereocenters. The van der Waals surface area contributed by atoms with Crippen LogP contribution < -0.4 is 10.1 Å². The van der Waals surface area contributed by atoms with Crippen molar-refractivity contribution >= 4 is 22.9 Å². The number of nitrogens with one attached hydrogen (secondary N) is 1. The summed E-state index contributed by atoms with van der Waals surface area (Å²) in [7, 11) is 1.65. The molecule has 1 N–H and O–H groups in total. The van der Waals surface area contributed by atoms with Crippen LogP contribution in [0.3, 0.4) is 0 Å². The highest BCUT2D eigenvalue weighted by Gasteiger charge is 2.08. The molecule has 0 unspecified atom stereocenters. The Morgan fingerprint density at radius 3 is 3.05 bits per heavy atom. The molecule has 0 bridgehead atoms. The third-order valence-electron chi connectivity index (χ3n) is 2.81. The van der Waals surface area contributed by atoms with E-state index >= 15 is 0 Å². The van der Waals surface area contributed by atoms with E-state index in [4.69, 9.17) is 9.15 Å². The third kappa shape index (κ3) is 3.88. The largest absolute Gasteiger partial charge is 0.497 e. The number of thioether (sulfide) groups is 1. The maximum atomic E-state index is 5.69. The number of hydrogen-bond acceptors (Lipinski definition) is 5. The minimum absolute atomic E-state index is 0.453. The Morgan fingerprint density at radius 1 is 1.47 bits per heavy atom. The summed E-state index contributed by atoms with van der Waals surface area (Å²) in [5.74, 6) is 3.77. The fraction of sp³-hybridized carbons (Fsp3) is 0.500. The molecule has 0 amide bonds. The zero-order valence-corrected chi connectivity index (χ0v) is 12.4. The summed E-state index contributed by atoms with van der Waals surface area (Å²) in [5.41, 5.74) is 1.64. The van der Waals surface area contributed by atoms with Crippen LogP contribution in [0, 0.1) is 0 Å². The van der Waals surface area contributed by atoms with Gasteiger partial charge in [0.05, 0.1) is 13.7 Å². The highest BCUT2D eigenvalue weighted by atomic mass is 32.2. The van der Waals surface area contributed by atoms with Crippen molar-refractivity contribution in [3.63, 3.8) is 0 Å². The summed E-state index contributed by atoms with van der Waals surface area (Å²) in [4.78, 5) is 4.46. The standard InChI is InChI=1S/C14H20N2O2S/c1-4-19-9-10(2)15-8-14-16-12-7-11(17-3)5-6-13(12)18-14/h5-7,10,15H,4,8-9H2,1-3H3/t10-/m0/s1. The zero-order chi connectivity index (χ0) is 13.7. The van der Waals surface area contributed by atoms with Crippen LogP contribution in [0.1, 0.15) is 19.7 Å². The molecule has 19 heavy (non-hydrogen) atoms. The minimum Gasteiger partial charge on any atom is -0.497 e. The molecular formula is C14H20N2O2S. The van der Waals surface area contributed by atoms with Crippen LogP contribution in [0.5, 0.6) is 5.75 Å². The van der Waals surface area contributed by atoms with Crippen molar-refractivity contribution in [3.05, 3.63) is 24.1 Å². The first-order valence-corrected chi connectivity index (χ1v) is 7.63. The lowest BCUT2D eigenvalue weighted by atomic mass is 10.3. The van der Waals surface area contributed by atoms with E-state index in [1.165, 1.54) is 0 Å². The number of fused-ring (bicyclic) bond motifs is 1. The van der Waals surface area contributed by atoms with Crippen LogP contribution in [-0.4, -0.2) is 29.6 Å². The van der Waals surface area contributed by atoms with Gasteiger partial charge in [-0.3, -0.25) is 0 Å². The predicted molar refractivity (Wildman–Crippen MR) is 79.9 cm³/mol. The molecule has 0 aliphatic heterocycles. The molecule has 0 saturated carbocycles. The van der Waals surface area contributed by atoms with Crippen molar-refractivity contribution in [3.8, 4) is 5.75 Å². The van der Waals surface area contributed by atoms with Gasteiger partial charge in [-0.25, -0.2) is 4.98 Å². The van der Waals surface area contributed by atoms with Crippen molar-refractivity contribution < 1.29 is 9.15 Å². The molecule has 0 radical (unpaired) electrons. The van der Waals surface area contributed by atoms with Crippen LogP contribution in [-0.2, 0) is 6.54 Å². The summed E-state index contributed by atoms with van der Waals surface area (Å²) in [5, 5.41) is 3.41. The minimum atomic E-state index is 0.453. The van der Waals surface area contributed by atoms with E-state index in [9.17, 15) is 0 Å². The van der Waals surface area contributed by atoms with Crippen LogP contribution in [0.25, 0.3) is 11.1 Å². The average molecular weight is 280 g/mol. The topological polar surface area (TPSA) is 47.3 Å². The summed E-state index contributed by atoms with van der Waals surface area (Å²) in [6, 6.07) is 6.11. The van der Waals surface area contributed by atoms with Crippen molar-refractivity contribution in [2.45, 2.75) is 26.4 Å². The van der Waals surface area contributed by atoms with Crippen LogP contribution >= 0.6 is 11.8 Å². The lowest BCUT2D eigenvalue weighted by Gasteiger charge is -2.10. The Labute approximate surface area is 117 Å². The van der Waals surface area contributed by atoms with E-state index in [1.54, 1.807) is 7.11 Å². The van der Waals surface area contributed by atoms with E-state index in [1.807, 2.05) is 30.0 Å². The normalized spacial score (nSPS) is 12.8. The number of benzene rings is 1. The van der Waals surface area contributed by atoms with Gasteiger partial charge in [0, 0.05) is 17.9 Å². The number of methoxy groups -OCH3 is 1. The lowest BCUT2D eigenvalue weighted by molar-refractivity contribution is 0.415. The van der Waals surface area contributed by atoms with Gasteiger partial charge in [0.15, 0.2) is 5.58 Å². The van der Waals surface area contributed by atoms with Gasteiger partial charge in [-0.05, 0) is 24.8 Å². The van der Waals surface area contributed by atoms with Gasteiger partial charge in [0.25, 0.3) is 0 Å². The highest BCUT2D eigenvalue weighted by molar-refractivity contribution is 7.99. The second-order valence-corrected chi connectivity index (χ2v) is 5.70. The molecule has 1 aromatic heterocycles. The van der Waals surface area contributed by atoms with Gasteiger partial charge in [-0.2, -0.15) is 11.8 Å². The number of nitrogens with zero attached hydrogens (tertiary/aromatic N) is 1. The molecule has 104 valence electrons. The number of hydrogen-bond donors (Lipinski definition) is 1. The fourth-order valence-corrected chi connectivity index (χ4v) is 2.48. The van der Waals surface area contributed by atoms with Gasteiger partial charge in [0.2, 0.25) is 5.89 Å². The number of aromatic nitrogens is 1. The van der Waals surface area contributed by atoms with E-state index in [2.05, 4.69) is 24.1 Å². The molecule has 0 aliphatic carbocycles. The van der Waals surface area contributed by atoms with Crippen LogP contribution in [0.4, 0.5) is 0 Å². The van der Waals surface area contributed by atoms with Gasteiger partial charge in [-0.15, -0.1) is 0 Å². The first kappa shape index (κ1) is 14.2. The Kier molecular flexibility index (Phi) is 5.10. The number of oxazole rings is 1. The molecule has 2 aromatic rings. The highest BCUT2D eigenvalue weighted by Crippen LogP contribution is 2.21. The maximum Gasteiger partial charge on any atom is 0.209 e. The second-order valence-electron chi connectivity index (χ2n) is 4.38.